The van der Waals surface area contributed by atoms with Crippen LogP contribution in [-0.4, -0.2) is 61.8 Å². The number of rotatable bonds is 7. The minimum absolute atomic E-state index is 0.00461. The van der Waals surface area contributed by atoms with Crippen LogP contribution in [-0.2, 0) is 11.2 Å². The van der Waals surface area contributed by atoms with Gasteiger partial charge in [-0.2, -0.15) is 10.1 Å². The lowest BCUT2D eigenvalue weighted by Crippen LogP contribution is -2.47. The lowest BCUT2D eigenvalue weighted by atomic mass is 9.92. The van der Waals surface area contributed by atoms with Crippen LogP contribution in [0.1, 0.15) is 39.5 Å². The molecule has 1 saturated heterocycles. The fourth-order valence-corrected chi connectivity index (χ4v) is 3.71. The van der Waals surface area contributed by atoms with E-state index in [0.717, 1.165) is 31.5 Å². The highest BCUT2D eigenvalue weighted by Gasteiger charge is 2.23. The number of piperidine rings is 1. The molecule has 3 unspecified atom stereocenters. The van der Waals surface area contributed by atoms with Crippen LogP contribution in [0.2, 0.25) is 0 Å². The zero-order valence-electron chi connectivity index (χ0n) is 15.6. The second kappa shape index (κ2) is 8.39. The third-order valence-electron chi connectivity index (χ3n) is 4.54. The van der Waals surface area contributed by atoms with Gasteiger partial charge in [-0.25, -0.2) is 4.98 Å². The van der Waals surface area contributed by atoms with Gasteiger partial charge in [0, 0.05) is 38.5 Å². The maximum Gasteiger partial charge on any atom is 0.239 e. The number of amides is 1. The summed E-state index contributed by atoms with van der Waals surface area (Å²) in [7, 11) is 0. The van der Waals surface area contributed by atoms with Crippen LogP contribution >= 0.6 is 0 Å². The molecule has 2 aromatic rings. The first-order valence-electron chi connectivity index (χ1n) is 9.19. The van der Waals surface area contributed by atoms with Gasteiger partial charge in [0.2, 0.25) is 17.6 Å². The summed E-state index contributed by atoms with van der Waals surface area (Å²) >= 11 is 0. The molecule has 3 rings (SSSR count). The number of aryl methyl sites for hydroxylation is 1. The largest absolute Gasteiger partial charge is 0.352 e. The molecule has 142 valence electrons. The molecule has 1 aliphatic rings. The molecule has 1 aliphatic heterocycles. The van der Waals surface area contributed by atoms with Crippen molar-refractivity contribution in [2.45, 2.75) is 46.1 Å². The van der Waals surface area contributed by atoms with Crippen LogP contribution in [0.3, 0.4) is 0 Å². The van der Waals surface area contributed by atoms with Gasteiger partial charge < -0.3 is 14.7 Å². The quantitative estimate of drug-likeness (QED) is 0.763. The van der Waals surface area contributed by atoms with Gasteiger partial charge in [-0.1, -0.05) is 19.0 Å². The van der Waals surface area contributed by atoms with Crippen LogP contribution in [0.5, 0.6) is 0 Å². The van der Waals surface area contributed by atoms with Crippen molar-refractivity contribution >= 4 is 5.91 Å². The predicted octanol–water partition coefficient (Wildman–Crippen LogP) is 1.27. The Kier molecular flexibility index (Phi) is 5.97. The Bertz CT molecular complexity index is 690. The minimum atomic E-state index is -0.00461. The summed E-state index contributed by atoms with van der Waals surface area (Å²) in [5.41, 5.74) is 0. The minimum Gasteiger partial charge on any atom is -0.352 e. The van der Waals surface area contributed by atoms with Gasteiger partial charge in [-0.15, -0.1) is 0 Å². The molecular formula is C17H27N7O2. The summed E-state index contributed by atoms with van der Waals surface area (Å²) in [5.74, 6) is 2.64. The van der Waals surface area contributed by atoms with Crippen LogP contribution in [0, 0.1) is 11.8 Å². The predicted molar refractivity (Wildman–Crippen MR) is 95.0 cm³/mol. The van der Waals surface area contributed by atoms with E-state index in [2.05, 4.69) is 56.3 Å². The molecular weight excluding hydrogens is 334 g/mol. The Hall–Kier alpha value is -2.29. The zero-order chi connectivity index (χ0) is 18.5. The van der Waals surface area contributed by atoms with Gasteiger partial charge in [0.25, 0.3) is 0 Å². The number of likely N-dealkylation sites (tertiary alicyclic amines) is 1. The molecule has 1 fully saturated rings. The normalized spacial score (nSPS) is 22.3. The van der Waals surface area contributed by atoms with Crippen molar-refractivity contribution in [3.63, 3.8) is 0 Å². The van der Waals surface area contributed by atoms with Crippen molar-refractivity contribution in [2.24, 2.45) is 11.8 Å². The van der Waals surface area contributed by atoms with Crippen molar-refractivity contribution in [1.29, 1.82) is 0 Å². The van der Waals surface area contributed by atoms with E-state index >= 15 is 0 Å². The van der Waals surface area contributed by atoms with Crippen LogP contribution in [0.4, 0.5) is 0 Å². The summed E-state index contributed by atoms with van der Waals surface area (Å²) in [6.07, 6.45) is 3.38. The molecule has 2 N–H and O–H groups in total. The third-order valence-corrected chi connectivity index (χ3v) is 4.54. The van der Waals surface area contributed by atoms with E-state index in [1.54, 1.807) is 0 Å². The number of hydrogen-bond acceptors (Lipinski definition) is 7. The molecule has 1 amide bonds. The van der Waals surface area contributed by atoms with Gasteiger partial charge in [0.05, 0.1) is 0 Å². The molecule has 0 bridgehead atoms. The summed E-state index contributed by atoms with van der Waals surface area (Å²) in [4.78, 5) is 22.8. The van der Waals surface area contributed by atoms with Crippen molar-refractivity contribution < 1.29 is 9.32 Å². The second-order valence-corrected chi connectivity index (χ2v) is 7.48. The van der Waals surface area contributed by atoms with Crippen LogP contribution in [0.25, 0.3) is 11.6 Å². The molecule has 0 saturated carbocycles. The van der Waals surface area contributed by atoms with Crippen molar-refractivity contribution in [2.75, 3.05) is 19.6 Å². The fraction of sp³-hybridized carbons (Fsp3) is 0.706. The highest BCUT2D eigenvalue weighted by atomic mass is 16.5. The number of aromatic nitrogens is 5. The molecule has 9 nitrogen and oxygen atoms in total. The summed E-state index contributed by atoms with van der Waals surface area (Å²) in [5, 5.41) is 13.3. The number of aromatic amines is 1. The Morgan fingerprint density at radius 1 is 1.42 bits per heavy atom. The molecule has 3 heterocycles. The number of nitrogens with zero attached hydrogens (tertiary/aromatic N) is 5. The topological polar surface area (TPSA) is 113 Å². The Morgan fingerprint density at radius 2 is 2.19 bits per heavy atom. The number of carbonyl (C=O) groups excluding carboxylic acids is 1. The first kappa shape index (κ1) is 18.5. The van der Waals surface area contributed by atoms with E-state index in [0.29, 0.717) is 30.4 Å². The molecule has 0 radical (unpaired) electrons. The standard InChI is InChI=1S/C17H27N7O2/c1-11-6-12(2)8-24(7-11)9-13(3)20-14(25)4-5-15-21-17(23-26-15)16-18-10-19-22-16/h10-13H,4-9H2,1-3H3,(H,20,25)(H,18,19,22). The Morgan fingerprint density at radius 3 is 2.88 bits per heavy atom. The average molecular weight is 361 g/mol. The van der Waals surface area contributed by atoms with E-state index in [1.807, 2.05) is 0 Å². The maximum atomic E-state index is 12.2. The fourth-order valence-electron chi connectivity index (χ4n) is 3.71. The van der Waals surface area contributed by atoms with E-state index in [9.17, 15) is 4.79 Å². The first-order valence-corrected chi connectivity index (χ1v) is 9.19. The van der Waals surface area contributed by atoms with Gasteiger partial charge in [0.1, 0.15) is 6.33 Å². The maximum absolute atomic E-state index is 12.2. The molecule has 0 aromatic carbocycles. The average Bonchev–Trinajstić information content (AvgIpc) is 3.23. The Labute approximate surface area is 153 Å². The first-order chi connectivity index (χ1) is 12.5. The number of nitrogens with one attached hydrogen (secondary N) is 2. The van der Waals surface area contributed by atoms with E-state index in [1.165, 1.54) is 12.7 Å². The van der Waals surface area contributed by atoms with Crippen molar-refractivity contribution in [1.82, 2.24) is 35.5 Å². The smallest absolute Gasteiger partial charge is 0.239 e. The third kappa shape index (κ3) is 5.10. The molecule has 3 atom stereocenters. The highest BCUT2D eigenvalue weighted by Crippen LogP contribution is 2.20. The molecule has 26 heavy (non-hydrogen) atoms. The van der Waals surface area contributed by atoms with Gasteiger partial charge in [-0.05, 0) is 25.2 Å². The molecule has 0 spiro atoms. The van der Waals surface area contributed by atoms with Gasteiger partial charge in [0.15, 0.2) is 5.82 Å². The summed E-state index contributed by atoms with van der Waals surface area (Å²) in [6.45, 7) is 9.74. The second-order valence-electron chi connectivity index (χ2n) is 7.48. The molecule has 2 aromatic heterocycles. The lowest BCUT2D eigenvalue weighted by molar-refractivity contribution is -0.121. The summed E-state index contributed by atoms with van der Waals surface area (Å²) < 4.78 is 5.15. The lowest BCUT2D eigenvalue weighted by Gasteiger charge is -2.36. The summed E-state index contributed by atoms with van der Waals surface area (Å²) in [6, 6.07) is 0.118. The van der Waals surface area contributed by atoms with Crippen LogP contribution < -0.4 is 5.32 Å². The zero-order valence-corrected chi connectivity index (χ0v) is 15.6. The SMILES string of the molecule is CC1CC(C)CN(CC(C)NC(=O)CCc2nc(-c3ncn[nH]3)no2)C1. The van der Waals surface area contributed by atoms with E-state index in [-0.39, 0.29) is 11.9 Å². The number of H-pyrrole nitrogens is 1. The Balaban J connectivity index is 1.41. The molecule has 0 aliphatic carbocycles. The monoisotopic (exact) mass is 361 g/mol. The van der Waals surface area contributed by atoms with Crippen LogP contribution in [0.15, 0.2) is 10.9 Å². The number of carbonyl (C=O) groups is 1. The van der Waals surface area contributed by atoms with Crippen molar-refractivity contribution in [3.8, 4) is 11.6 Å². The highest BCUT2D eigenvalue weighted by molar-refractivity contribution is 5.76. The van der Waals surface area contributed by atoms with E-state index < -0.39 is 0 Å². The number of hydrogen-bond donors (Lipinski definition) is 2. The molecule has 9 heteroatoms. The van der Waals surface area contributed by atoms with Crippen molar-refractivity contribution in [3.05, 3.63) is 12.2 Å². The van der Waals surface area contributed by atoms with Gasteiger partial charge in [-0.3, -0.25) is 9.89 Å². The van der Waals surface area contributed by atoms with Gasteiger partial charge >= 0.3 is 0 Å². The van der Waals surface area contributed by atoms with E-state index in [4.69, 9.17) is 4.52 Å².